The van der Waals surface area contributed by atoms with Crippen molar-refractivity contribution in [2.24, 2.45) is 5.73 Å². The van der Waals surface area contributed by atoms with E-state index in [-0.39, 0.29) is 5.41 Å². The Hall–Kier alpha value is -1.13. The molecule has 4 heteroatoms. The van der Waals surface area contributed by atoms with E-state index in [1.54, 1.807) is 23.9 Å². The fourth-order valence-corrected chi connectivity index (χ4v) is 2.72. The van der Waals surface area contributed by atoms with Gasteiger partial charge in [0.25, 0.3) is 0 Å². The maximum absolute atomic E-state index is 5.76. The molecule has 3 nitrogen and oxygen atoms in total. The second-order valence-corrected chi connectivity index (χ2v) is 5.84. The van der Waals surface area contributed by atoms with E-state index in [0.717, 1.165) is 21.1 Å². The largest absolute Gasteiger partial charge is 0.472 e. The quantitative estimate of drug-likeness (QED) is 0.871. The van der Waals surface area contributed by atoms with Crippen LogP contribution < -0.4 is 5.73 Å². The number of nitrogens with two attached hydrogens (primary N) is 1. The van der Waals surface area contributed by atoms with Gasteiger partial charge in [-0.1, -0.05) is 20.8 Å². The number of thiazole rings is 1. The molecule has 2 aromatic rings. The zero-order valence-electron chi connectivity index (χ0n) is 9.78. The number of nitrogens with zero attached hydrogens (tertiary/aromatic N) is 1. The standard InChI is InChI=1S/C12H16N2OS/c1-12(2,3)10-9(6-13)16-11(14-10)8-4-5-15-7-8/h4-5,7H,6,13H2,1-3H3. The SMILES string of the molecule is CC(C)(C)c1nc(-c2ccoc2)sc1CN. The predicted molar refractivity (Wildman–Crippen MR) is 66.4 cm³/mol. The highest BCUT2D eigenvalue weighted by Gasteiger charge is 2.23. The maximum Gasteiger partial charge on any atom is 0.127 e. The van der Waals surface area contributed by atoms with Gasteiger partial charge in [0.05, 0.1) is 12.0 Å². The summed E-state index contributed by atoms with van der Waals surface area (Å²) in [6.07, 6.45) is 3.38. The molecular weight excluding hydrogens is 220 g/mol. The first kappa shape index (κ1) is 11.4. The van der Waals surface area contributed by atoms with Crippen molar-refractivity contribution in [3.8, 4) is 10.6 Å². The first-order chi connectivity index (χ1) is 7.52. The Morgan fingerprint density at radius 2 is 2.19 bits per heavy atom. The van der Waals surface area contributed by atoms with Crippen LogP contribution in [0.25, 0.3) is 10.6 Å². The Balaban J connectivity index is 2.48. The molecule has 0 aliphatic carbocycles. The summed E-state index contributed by atoms with van der Waals surface area (Å²) in [6, 6.07) is 1.92. The van der Waals surface area contributed by atoms with Crippen LogP contribution in [0.15, 0.2) is 23.0 Å². The molecule has 0 saturated heterocycles. The van der Waals surface area contributed by atoms with Gasteiger partial charge >= 0.3 is 0 Å². The van der Waals surface area contributed by atoms with Crippen LogP contribution in [0.1, 0.15) is 31.3 Å². The summed E-state index contributed by atoms with van der Waals surface area (Å²) >= 11 is 1.65. The van der Waals surface area contributed by atoms with Gasteiger partial charge in [-0.05, 0) is 6.07 Å². The van der Waals surface area contributed by atoms with E-state index in [9.17, 15) is 0 Å². The molecule has 86 valence electrons. The average molecular weight is 236 g/mol. The topological polar surface area (TPSA) is 52.0 Å². The number of hydrogen-bond donors (Lipinski definition) is 1. The molecule has 0 aliphatic rings. The van der Waals surface area contributed by atoms with E-state index in [4.69, 9.17) is 10.2 Å². The second kappa shape index (κ2) is 4.03. The van der Waals surface area contributed by atoms with Gasteiger partial charge in [-0.15, -0.1) is 11.3 Å². The van der Waals surface area contributed by atoms with Gasteiger partial charge in [0.15, 0.2) is 0 Å². The molecule has 0 aromatic carbocycles. The molecule has 0 fully saturated rings. The summed E-state index contributed by atoms with van der Waals surface area (Å²) in [6.45, 7) is 7.00. The fraction of sp³-hybridized carbons (Fsp3) is 0.417. The van der Waals surface area contributed by atoms with Gasteiger partial charge in [0.1, 0.15) is 11.3 Å². The Morgan fingerprint density at radius 3 is 2.62 bits per heavy atom. The number of hydrogen-bond acceptors (Lipinski definition) is 4. The van der Waals surface area contributed by atoms with Gasteiger partial charge in [0, 0.05) is 22.4 Å². The number of aromatic nitrogens is 1. The maximum atomic E-state index is 5.76. The second-order valence-electron chi connectivity index (χ2n) is 4.76. The molecule has 2 rings (SSSR count). The number of rotatable bonds is 2. The smallest absolute Gasteiger partial charge is 0.127 e. The van der Waals surface area contributed by atoms with Crippen molar-refractivity contribution in [2.45, 2.75) is 32.7 Å². The lowest BCUT2D eigenvalue weighted by Crippen LogP contribution is -2.15. The van der Waals surface area contributed by atoms with Crippen LogP contribution in [0.3, 0.4) is 0 Å². The molecule has 0 radical (unpaired) electrons. The molecule has 16 heavy (non-hydrogen) atoms. The Morgan fingerprint density at radius 1 is 1.44 bits per heavy atom. The number of furan rings is 1. The van der Waals surface area contributed by atoms with Crippen LogP contribution in [-0.2, 0) is 12.0 Å². The molecule has 0 amide bonds. The fourth-order valence-electron chi connectivity index (χ4n) is 1.59. The molecule has 0 aliphatic heterocycles. The lowest BCUT2D eigenvalue weighted by molar-refractivity contribution is 0.565. The van der Waals surface area contributed by atoms with E-state index in [0.29, 0.717) is 6.54 Å². The predicted octanol–water partition coefficient (Wildman–Crippen LogP) is 3.16. The first-order valence-electron chi connectivity index (χ1n) is 5.25. The monoisotopic (exact) mass is 236 g/mol. The molecular formula is C12H16N2OS. The minimum atomic E-state index is 0.0349. The van der Waals surface area contributed by atoms with Crippen LogP contribution >= 0.6 is 11.3 Å². The lowest BCUT2D eigenvalue weighted by atomic mass is 9.91. The zero-order valence-corrected chi connectivity index (χ0v) is 10.6. The molecule has 0 atom stereocenters. The van der Waals surface area contributed by atoms with Crippen LogP contribution in [0, 0.1) is 0 Å². The van der Waals surface area contributed by atoms with Gasteiger partial charge < -0.3 is 10.2 Å². The van der Waals surface area contributed by atoms with Crippen molar-refractivity contribution in [1.82, 2.24) is 4.98 Å². The van der Waals surface area contributed by atoms with E-state index >= 15 is 0 Å². The van der Waals surface area contributed by atoms with Crippen molar-refractivity contribution in [3.63, 3.8) is 0 Å². The highest BCUT2D eigenvalue weighted by atomic mass is 32.1. The van der Waals surface area contributed by atoms with Crippen molar-refractivity contribution in [2.75, 3.05) is 0 Å². The van der Waals surface area contributed by atoms with Crippen molar-refractivity contribution >= 4 is 11.3 Å². The summed E-state index contributed by atoms with van der Waals surface area (Å²) < 4.78 is 5.07. The van der Waals surface area contributed by atoms with Gasteiger partial charge in [0.2, 0.25) is 0 Å². The third-order valence-corrected chi connectivity index (χ3v) is 3.49. The Labute approximate surface area is 99.3 Å². The summed E-state index contributed by atoms with van der Waals surface area (Å²) in [5.74, 6) is 0. The molecule has 0 spiro atoms. The average Bonchev–Trinajstić information content (AvgIpc) is 2.85. The van der Waals surface area contributed by atoms with Crippen molar-refractivity contribution < 1.29 is 4.42 Å². The summed E-state index contributed by atoms with van der Waals surface area (Å²) in [4.78, 5) is 5.83. The van der Waals surface area contributed by atoms with E-state index in [1.165, 1.54) is 0 Å². The third kappa shape index (κ3) is 2.03. The van der Waals surface area contributed by atoms with Crippen LogP contribution in [0.5, 0.6) is 0 Å². The van der Waals surface area contributed by atoms with E-state index < -0.39 is 0 Å². The van der Waals surface area contributed by atoms with Crippen LogP contribution in [0.2, 0.25) is 0 Å². The molecule has 2 aromatic heterocycles. The van der Waals surface area contributed by atoms with Gasteiger partial charge in [-0.25, -0.2) is 4.98 Å². The normalized spacial score (nSPS) is 12.0. The molecule has 0 bridgehead atoms. The van der Waals surface area contributed by atoms with Crippen molar-refractivity contribution in [1.29, 1.82) is 0 Å². The molecule has 2 N–H and O–H groups in total. The third-order valence-electron chi connectivity index (χ3n) is 2.36. The minimum Gasteiger partial charge on any atom is -0.472 e. The summed E-state index contributed by atoms with van der Waals surface area (Å²) in [5.41, 5.74) is 7.91. The van der Waals surface area contributed by atoms with Crippen LogP contribution in [-0.4, -0.2) is 4.98 Å². The van der Waals surface area contributed by atoms with Gasteiger partial charge in [-0.3, -0.25) is 0 Å². The molecule has 0 unspecified atom stereocenters. The van der Waals surface area contributed by atoms with Gasteiger partial charge in [-0.2, -0.15) is 0 Å². The Kier molecular flexibility index (Phi) is 2.86. The van der Waals surface area contributed by atoms with Crippen molar-refractivity contribution in [3.05, 3.63) is 29.2 Å². The minimum absolute atomic E-state index is 0.0349. The summed E-state index contributed by atoms with van der Waals surface area (Å²) in [7, 11) is 0. The molecule has 2 heterocycles. The highest BCUT2D eigenvalue weighted by Crippen LogP contribution is 2.34. The van der Waals surface area contributed by atoms with Crippen LogP contribution in [0.4, 0.5) is 0 Å². The first-order valence-corrected chi connectivity index (χ1v) is 6.07. The zero-order chi connectivity index (χ0) is 11.8. The summed E-state index contributed by atoms with van der Waals surface area (Å²) in [5, 5.41) is 0.985. The molecule has 0 saturated carbocycles. The Bertz CT molecular complexity index is 466. The van der Waals surface area contributed by atoms with E-state index in [1.807, 2.05) is 6.07 Å². The van der Waals surface area contributed by atoms with E-state index in [2.05, 4.69) is 25.8 Å². The highest BCUT2D eigenvalue weighted by molar-refractivity contribution is 7.15. The lowest BCUT2D eigenvalue weighted by Gasteiger charge is -2.16.